The van der Waals surface area contributed by atoms with Crippen molar-refractivity contribution in [3.8, 4) is 0 Å². The molecule has 22 heavy (non-hydrogen) atoms. The van der Waals surface area contributed by atoms with Crippen LogP contribution in [-0.4, -0.2) is 58.3 Å². The summed E-state index contributed by atoms with van der Waals surface area (Å²) in [6, 6.07) is 2.05. The van der Waals surface area contributed by atoms with Gasteiger partial charge >= 0.3 is 0 Å². The van der Waals surface area contributed by atoms with Crippen molar-refractivity contribution in [3.63, 3.8) is 0 Å². The quantitative estimate of drug-likeness (QED) is 0.860. The molecule has 1 N–H and O–H groups in total. The van der Waals surface area contributed by atoms with E-state index in [0.29, 0.717) is 19.7 Å². The Morgan fingerprint density at radius 3 is 2.86 bits per heavy atom. The van der Waals surface area contributed by atoms with Gasteiger partial charge in [0, 0.05) is 25.0 Å². The van der Waals surface area contributed by atoms with E-state index in [4.69, 9.17) is 4.74 Å². The fourth-order valence-corrected chi connectivity index (χ4v) is 3.03. The number of nitrogens with one attached hydrogen (secondary N) is 1. The second-order valence-electron chi connectivity index (χ2n) is 5.89. The molecule has 1 aromatic rings. The van der Waals surface area contributed by atoms with Gasteiger partial charge in [0.25, 0.3) is 5.91 Å². The summed E-state index contributed by atoms with van der Waals surface area (Å²) in [7, 11) is 0. The normalized spacial score (nSPS) is 22.7. The van der Waals surface area contributed by atoms with Gasteiger partial charge in [0.1, 0.15) is 6.54 Å². The Hall–Kier alpha value is -1.89. The van der Waals surface area contributed by atoms with Crippen LogP contribution in [0.15, 0.2) is 18.5 Å². The second-order valence-corrected chi connectivity index (χ2v) is 5.89. The van der Waals surface area contributed by atoms with E-state index in [1.54, 1.807) is 28.0 Å². The molecule has 0 spiro atoms. The third kappa shape index (κ3) is 3.65. The highest BCUT2D eigenvalue weighted by molar-refractivity contribution is 5.83. The van der Waals surface area contributed by atoms with Crippen LogP contribution in [0.5, 0.6) is 0 Å². The number of morpholine rings is 1. The molecule has 0 aromatic carbocycles. The Morgan fingerprint density at radius 1 is 1.32 bits per heavy atom. The fraction of sp³-hybridized carbons (Fsp3) is 0.667. The zero-order chi connectivity index (χ0) is 15.4. The van der Waals surface area contributed by atoms with Crippen LogP contribution in [0.1, 0.15) is 25.7 Å². The van der Waals surface area contributed by atoms with Gasteiger partial charge in [-0.1, -0.05) is 12.8 Å². The molecule has 1 atom stereocenters. The molecule has 2 amide bonds. The molecule has 2 fully saturated rings. The largest absolute Gasteiger partial charge is 0.365 e. The molecule has 2 heterocycles. The van der Waals surface area contributed by atoms with Crippen LogP contribution in [0, 0.1) is 0 Å². The van der Waals surface area contributed by atoms with Gasteiger partial charge in [-0.3, -0.25) is 14.3 Å². The molecule has 1 saturated heterocycles. The summed E-state index contributed by atoms with van der Waals surface area (Å²) in [4.78, 5) is 26.2. The molecule has 1 aromatic heterocycles. The predicted octanol–water partition coefficient (Wildman–Crippen LogP) is 0.169. The topological polar surface area (TPSA) is 76.5 Å². The third-order valence-electron chi connectivity index (χ3n) is 4.27. The van der Waals surface area contributed by atoms with Crippen molar-refractivity contribution >= 4 is 11.8 Å². The van der Waals surface area contributed by atoms with E-state index in [1.165, 1.54) is 12.8 Å². The summed E-state index contributed by atoms with van der Waals surface area (Å²) in [5, 5.41) is 7.07. The predicted molar refractivity (Wildman–Crippen MR) is 78.9 cm³/mol. The van der Waals surface area contributed by atoms with Crippen LogP contribution in [0.3, 0.4) is 0 Å². The van der Waals surface area contributed by atoms with Crippen molar-refractivity contribution in [3.05, 3.63) is 18.5 Å². The summed E-state index contributed by atoms with van der Waals surface area (Å²) < 4.78 is 7.13. The summed E-state index contributed by atoms with van der Waals surface area (Å²) in [6.45, 7) is 1.43. The van der Waals surface area contributed by atoms with Gasteiger partial charge in [-0.25, -0.2) is 0 Å². The fourth-order valence-electron chi connectivity index (χ4n) is 3.03. The van der Waals surface area contributed by atoms with Crippen molar-refractivity contribution in [1.82, 2.24) is 20.0 Å². The number of nitrogens with zero attached hydrogens (tertiary/aromatic N) is 3. The van der Waals surface area contributed by atoms with Gasteiger partial charge in [0.2, 0.25) is 5.91 Å². The first-order chi connectivity index (χ1) is 10.7. The molecular formula is C15H22N4O3. The Labute approximate surface area is 129 Å². The summed E-state index contributed by atoms with van der Waals surface area (Å²) in [5.74, 6) is -0.130. The highest BCUT2D eigenvalue weighted by atomic mass is 16.5. The lowest BCUT2D eigenvalue weighted by Gasteiger charge is -2.32. The van der Waals surface area contributed by atoms with E-state index in [0.717, 1.165) is 12.8 Å². The Bertz CT molecular complexity index is 511. The molecular weight excluding hydrogens is 284 g/mol. The minimum atomic E-state index is -0.559. The van der Waals surface area contributed by atoms with E-state index < -0.39 is 6.10 Å². The van der Waals surface area contributed by atoms with Crippen LogP contribution in [0.4, 0.5) is 0 Å². The van der Waals surface area contributed by atoms with Gasteiger partial charge in [-0.2, -0.15) is 5.10 Å². The highest BCUT2D eigenvalue weighted by Crippen LogP contribution is 2.18. The number of aromatic nitrogens is 2. The van der Waals surface area contributed by atoms with Gasteiger partial charge in [-0.05, 0) is 18.9 Å². The molecule has 0 unspecified atom stereocenters. The number of hydrogen-bond acceptors (Lipinski definition) is 4. The smallest absolute Gasteiger partial charge is 0.251 e. The average molecular weight is 306 g/mol. The lowest BCUT2D eigenvalue weighted by molar-refractivity contribution is -0.148. The first-order valence-electron chi connectivity index (χ1n) is 7.89. The number of amides is 2. The van der Waals surface area contributed by atoms with E-state index in [1.807, 2.05) is 0 Å². The Balaban J connectivity index is 1.51. The molecule has 7 nitrogen and oxygen atoms in total. The van der Waals surface area contributed by atoms with Crippen LogP contribution < -0.4 is 5.32 Å². The third-order valence-corrected chi connectivity index (χ3v) is 4.27. The summed E-state index contributed by atoms with van der Waals surface area (Å²) in [5.41, 5.74) is 0. The van der Waals surface area contributed by atoms with Crippen LogP contribution in [0.25, 0.3) is 0 Å². The standard InChI is InChI=1S/C15H22N4O3/c20-14(11-19-7-3-6-16-19)18-8-9-22-13(10-18)15(21)17-12-4-1-2-5-12/h3,6-7,12-13H,1-2,4-5,8-11H2,(H,17,21)/t13-/m1/s1. The number of carbonyl (C=O) groups excluding carboxylic acids is 2. The van der Waals surface area contributed by atoms with Crippen molar-refractivity contribution in [2.75, 3.05) is 19.7 Å². The SMILES string of the molecule is O=C(NC1CCCC1)[C@H]1CN(C(=O)Cn2cccn2)CCO1. The minimum absolute atomic E-state index is 0.0364. The molecule has 1 aliphatic heterocycles. The number of ether oxygens (including phenoxy) is 1. The van der Waals surface area contributed by atoms with Crippen molar-refractivity contribution in [2.45, 2.75) is 44.4 Å². The first kappa shape index (κ1) is 15.0. The molecule has 0 bridgehead atoms. The van der Waals surface area contributed by atoms with E-state index >= 15 is 0 Å². The minimum Gasteiger partial charge on any atom is -0.365 e. The monoisotopic (exact) mass is 306 g/mol. The summed E-state index contributed by atoms with van der Waals surface area (Å²) in [6.07, 6.45) is 7.26. The van der Waals surface area contributed by atoms with Crippen LogP contribution >= 0.6 is 0 Å². The molecule has 1 saturated carbocycles. The van der Waals surface area contributed by atoms with Crippen molar-refractivity contribution in [2.24, 2.45) is 0 Å². The van der Waals surface area contributed by atoms with E-state index in [-0.39, 0.29) is 24.4 Å². The Kier molecular flexibility index (Phi) is 4.72. The number of rotatable bonds is 4. The molecule has 0 radical (unpaired) electrons. The Morgan fingerprint density at radius 2 is 2.14 bits per heavy atom. The number of hydrogen-bond donors (Lipinski definition) is 1. The second kappa shape index (κ2) is 6.91. The van der Waals surface area contributed by atoms with E-state index in [2.05, 4.69) is 10.4 Å². The first-order valence-corrected chi connectivity index (χ1v) is 7.89. The highest BCUT2D eigenvalue weighted by Gasteiger charge is 2.30. The zero-order valence-corrected chi connectivity index (χ0v) is 12.6. The molecule has 3 rings (SSSR count). The lowest BCUT2D eigenvalue weighted by Crippen LogP contribution is -2.53. The van der Waals surface area contributed by atoms with Gasteiger partial charge in [-0.15, -0.1) is 0 Å². The van der Waals surface area contributed by atoms with Crippen LogP contribution in [0.2, 0.25) is 0 Å². The van der Waals surface area contributed by atoms with Gasteiger partial charge in [0.15, 0.2) is 6.10 Å². The maximum absolute atomic E-state index is 12.3. The maximum Gasteiger partial charge on any atom is 0.251 e. The zero-order valence-electron chi connectivity index (χ0n) is 12.6. The lowest BCUT2D eigenvalue weighted by atomic mass is 10.2. The van der Waals surface area contributed by atoms with Crippen molar-refractivity contribution in [1.29, 1.82) is 0 Å². The average Bonchev–Trinajstić information content (AvgIpc) is 3.21. The van der Waals surface area contributed by atoms with Gasteiger partial charge in [0.05, 0.1) is 13.2 Å². The maximum atomic E-state index is 12.3. The molecule has 120 valence electrons. The van der Waals surface area contributed by atoms with Gasteiger partial charge < -0.3 is 15.0 Å². The van der Waals surface area contributed by atoms with E-state index in [9.17, 15) is 9.59 Å². The number of carbonyl (C=O) groups is 2. The van der Waals surface area contributed by atoms with Crippen molar-refractivity contribution < 1.29 is 14.3 Å². The molecule has 2 aliphatic rings. The summed E-state index contributed by atoms with van der Waals surface area (Å²) >= 11 is 0. The molecule has 7 heteroatoms. The van der Waals surface area contributed by atoms with Crippen LogP contribution in [-0.2, 0) is 20.9 Å². The molecule has 1 aliphatic carbocycles.